The molecule has 3 N–H and O–H groups in total. The van der Waals surface area contributed by atoms with Crippen LogP contribution in [0.2, 0.25) is 0 Å². The summed E-state index contributed by atoms with van der Waals surface area (Å²) in [5, 5.41) is 10.6. The van der Waals surface area contributed by atoms with E-state index in [4.69, 9.17) is 37.0 Å². The van der Waals surface area contributed by atoms with E-state index in [9.17, 15) is 43.2 Å². The van der Waals surface area contributed by atoms with Gasteiger partial charge in [0.25, 0.3) is 0 Å². The number of esters is 4. The maximum Gasteiger partial charge on any atom is 0.472 e. The Kier molecular flexibility index (Phi) is 71.2. The highest BCUT2D eigenvalue weighted by atomic mass is 31.2. The largest absolute Gasteiger partial charge is 0.472 e. The van der Waals surface area contributed by atoms with Gasteiger partial charge in [-0.25, -0.2) is 9.13 Å². The van der Waals surface area contributed by atoms with E-state index in [1.54, 1.807) is 0 Å². The number of hydrogen-bond acceptors (Lipinski definition) is 15. The molecule has 0 spiro atoms. The van der Waals surface area contributed by atoms with E-state index < -0.39 is 97.5 Å². The lowest BCUT2D eigenvalue weighted by molar-refractivity contribution is -0.161. The van der Waals surface area contributed by atoms with Crippen LogP contribution in [0.3, 0.4) is 0 Å². The molecule has 0 aromatic heterocycles. The van der Waals surface area contributed by atoms with Crippen LogP contribution in [0.1, 0.15) is 427 Å². The quantitative estimate of drug-likeness (QED) is 0.0222. The number of phosphoric acid groups is 2. The molecule has 6 atom stereocenters. The molecule has 17 nitrogen and oxygen atoms in total. The molecule has 0 aromatic rings. The minimum atomic E-state index is -4.96. The van der Waals surface area contributed by atoms with Crippen molar-refractivity contribution in [3.8, 4) is 0 Å². The van der Waals surface area contributed by atoms with Gasteiger partial charge in [-0.15, -0.1) is 0 Å². The number of rotatable bonds is 80. The van der Waals surface area contributed by atoms with Crippen LogP contribution in [0.4, 0.5) is 0 Å². The van der Waals surface area contributed by atoms with Crippen LogP contribution in [0.15, 0.2) is 0 Å². The maximum absolute atomic E-state index is 13.1. The number of phosphoric ester groups is 2. The minimum Gasteiger partial charge on any atom is -0.462 e. The third kappa shape index (κ3) is 73.0. The first-order valence-corrected chi connectivity index (χ1v) is 45.0. The van der Waals surface area contributed by atoms with Crippen LogP contribution in [0, 0.1) is 11.8 Å². The molecule has 0 heterocycles. The van der Waals surface area contributed by atoms with Crippen molar-refractivity contribution < 1.29 is 80.2 Å². The topological polar surface area (TPSA) is 237 Å². The predicted molar refractivity (Wildman–Crippen MR) is 409 cm³/mol. The van der Waals surface area contributed by atoms with Crippen LogP contribution < -0.4 is 0 Å². The highest BCUT2D eigenvalue weighted by molar-refractivity contribution is 7.47. The van der Waals surface area contributed by atoms with Crippen molar-refractivity contribution in [3.63, 3.8) is 0 Å². The molecular weight excluding hydrogens is 1310 g/mol. The lowest BCUT2D eigenvalue weighted by Gasteiger charge is -2.21. The highest BCUT2D eigenvalue weighted by Gasteiger charge is 2.30. The van der Waals surface area contributed by atoms with Crippen LogP contribution >= 0.6 is 15.6 Å². The molecule has 0 radical (unpaired) electrons. The average Bonchev–Trinajstić information content (AvgIpc) is 1.00. The molecule has 0 aliphatic carbocycles. The zero-order valence-corrected chi connectivity index (χ0v) is 67.3. The molecule has 0 rings (SSSR count). The van der Waals surface area contributed by atoms with E-state index in [0.717, 1.165) is 115 Å². The summed E-state index contributed by atoms with van der Waals surface area (Å²) < 4.78 is 68.5. The highest BCUT2D eigenvalue weighted by Crippen LogP contribution is 2.45. The summed E-state index contributed by atoms with van der Waals surface area (Å²) in [6.07, 6.45) is 62.7. The Hall–Kier alpha value is -1.94. The van der Waals surface area contributed by atoms with Crippen molar-refractivity contribution >= 4 is 39.5 Å². The number of carbonyl (C=O) groups is 4. The minimum absolute atomic E-state index is 0.106. The van der Waals surface area contributed by atoms with Crippen LogP contribution in [0.25, 0.3) is 0 Å². The standard InChI is InChI=1S/C81H158O17P2/c1-7-10-12-14-16-17-40-47-53-59-65-80(85)97-76(69-91-78(83)63-57-51-43-15-13-11-8-2)71-95-99(87,88)93-67-75(82)68-94-100(89,90)96-72-77(70-92-79(84)64-58-52-46-41-36-32-28-24-20-18-22-26-30-34-38-44-49-55-61-73(4)5)98-81(86)66-60-54-48-42-37-33-29-25-21-19-23-27-31-35-39-45-50-56-62-74(6)9-3/h73-77,82H,7-72H2,1-6H3,(H,87,88)(H,89,90)/t74?,75-,76+,77+/m0/s1. The van der Waals surface area contributed by atoms with Gasteiger partial charge in [0.2, 0.25) is 0 Å². The summed E-state index contributed by atoms with van der Waals surface area (Å²) in [6, 6.07) is 0. The summed E-state index contributed by atoms with van der Waals surface area (Å²) in [4.78, 5) is 72.7. The van der Waals surface area contributed by atoms with Crippen molar-refractivity contribution in [2.45, 2.75) is 445 Å². The number of aliphatic hydroxyl groups is 1. The Bertz CT molecular complexity index is 1930. The monoisotopic (exact) mass is 1470 g/mol. The second-order valence-corrected chi connectivity index (χ2v) is 32.8. The molecule has 0 fully saturated rings. The summed E-state index contributed by atoms with van der Waals surface area (Å²) >= 11 is 0. The number of ether oxygens (including phenoxy) is 4. The van der Waals surface area contributed by atoms with Crippen molar-refractivity contribution in [2.75, 3.05) is 39.6 Å². The van der Waals surface area contributed by atoms with E-state index in [2.05, 4.69) is 41.5 Å². The Balaban J connectivity index is 5.13. The average molecular weight is 1470 g/mol. The molecule has 0 amide bonds. The predicted octanol–water partition coefficient (Wildman–Crippen LogP) is 24.3. The first kappa shape index (κ1) is 98.1. The van der Waals surface area contributed by atoms with Gasteiger partial charge >= 0.3 is 39.5 Å². The molecule has 0 aliphatic heterocycles. The van der Waals surface area contributed by atoms with E-state index in [-0.39, 0.29) is 25.7 Å². The lowest BCUT2D eigenvalue weighted by Crippen LogP contribution is -2.30. The van der Waals surface area contributed by atoms with Crippen molar-refractivity contribution in [1.29, 1.82) is 0 Å². The normalized spacial score (nSPS) is 14.2. The summed E-state index contributed by atoms with van der Waals surface area (Å²) in [5.41, 5.74) is 0. The van der Waals surface area contributed by atoms with Crippen molar-refractivity contribution in [2.24, 2.45) is 11.8 Å². The second kappa shape index (κ2) is 72.6. The molecule has 0 aliphatic rings. The Labute approximate surface area is 613 Å². The van der Waals surface area contributed by atoms with Gasteiger partial charge in [0.05, 0.1) is 26.4 Å². The maximum atomic E-state index is 13.1. The summed E-state index contributed by atoms with van der Waals surface area (Å²) in [6.45, 7) is 9.68. The van der Waals surface area contributed by atoms with Gasteiger partial charge in [0.1, 0.15) is 19.3 Å². The van der Waals surface area contributed by atoms with Gasteiger partial charge in [0, 0.05) is 25.7 Å². The van der Waals surface area contributed by atoms with E-state index in [1.807, 2.05) is 0 Å². The molecule has 100 heavy (non-hydrogen) atoms. The van der Waals surface area contributed by atoms with E-state index in [0.29, 0.717) is 25.7 Å². The van der Waals surface area contributed by atoms with Gasteiger partial charge in [-0.1, -0.05) is 375 Å². The molecule has 594 valence electrons. The zero-order chi connectivity index (χ0) is 73.5. The molecular formula is C81H158O17P2. The van der Waals surface area contributed by atoms with Crippen LogP contribution in [-0.2, 0) is 65.4 Å². The smallest absolute Gasteiger partial charge is 0.462 e. The van der Waals surface area contributed by atoms with Crippen molar-refractivity contribution in [3.05, 3.63) is 0 Å². The van der Waals surface area contributed by atoms with E-state index >= 15 is 0 Å². The van der Waals surface area contributed by atoms with Crippen LogP contribution in [0.5, 0.6) is 0 Å². The summed E-state index contributed by atoms with van der Waals surface area (Å²) in [5.74, 6) is -0.421. The fourth-order valence-electron chi connectivity index (χ4n) is 12.5. The number of aliphatic hydroxyl groups excluding tert-OH is 1. The molecule has 0 saturated heterocycles. The number of unbranched alkanes of at least 4 members (excludes halogenated alkanes) is 49. The Morgan fingerprint density at radius 1 is 0.290 bits per heavy atom. The molecule has 19 heteroatoms. The van der Waals surface area contributed by atoms with Gasteiger partial charge in [-0.05, 0) is 37.5 Å². The first-order valence-electron chi connectivity index (χ1n) is 42.0. The molecule has 0 bridgehead atoms. The molecule has 3 unspecified atom stereocenters. The Morgan fingerprint density at radius 2 is 0.510 bits per heavy atom. The first-order chi connectivity index (χ1) is 48.4. The van der Waals surface area contributed by atoms with Gasteiger partial charge in [0.15, 0.2) is 12.2 Å². The van der Waals surface area contributed by atoms with Crippen LogP contribution in [-0.4, -0.2) is 96.7 Å². The summed E-state index contributed by atoms with van der Waals surface area (Å²) in [7, 11) is -9.91. The van der Waals surface area contributed by atoms with Gasteiger partial charge < -0.3 is 33.8 Å². The fourth-order valence-corrected chi connectivity index (χ4v) is 14.1. The third-order valence-corrected chi connectivity index (χ3v) is 21.2. The van der Waals surface area contributed by atoms with Gasteiger partial charge in [-0.3, -0.25) is 37.3 Å². The second-order valence-electron chi connectivity index (χ2n) is 29.9. The number of hydrogen-bond donors (Lipinski definition) is 3. The number of carbonyl (C=O) groups excluding carboxylic acids is 4. The van der Waals surface area contributed by atoms with Gasteiger partial charge in [-0.2, -0.15) is 0 Å². The third-order valence-electron chi connectivity index (χ3n) is 19.3. The van der Waals surface area contributed by atoms with E-state index in [1.165, 1.54) is 231 Å². The lowest BCUT2D eigenvalue weighted by atomic mass is 9.99. The SMILES string of the molecule is CCCCCCCCCCCCC(=O)O[C@H](COC(=O)CCCCCCCCC)COP(=O)(O)OC[C@H](O)COP(=O)(O)OC[C@@H](COC(=O)CCCCCCCCCCCCCCCCCCCCC(C)C)OC(=O)CCCCCCCCCCCCCCCCCCCCC(C)CC. The molecule has 0 aromatic carbocycles. The zero-order valence-electron chi connectivity index (χ0n) is 65.5. The van der Waals surface area contributed by atoms with Crippen molar-refractivity contribution in [1.82, 2.24) is 0 Å². The fraction of sp³-hybridized carbons (Fsp3) is 0.951. The molecule has 0 saturated carbocycles. The Morgan fingerprint density at radius 3 is 0.760 bits per heavy atom.